The van der Waals surface area contributed by atoms with Crippen LogP contribution in [0.5, 0.6) is 0 Å². The number of aromatic nitrogens is 1. The van der Waals surface area contributed by atoms with Gasteiger partial charge in [0.2, 0.25) is 0 Å². The van der Waals surface area contributed by atoms with Gasteiger partial charge in [0.1, 0.15) is 16.6 Å². The van der Waals surface area contributed by atoms with Crippen molar-refractivity contribution < 1.29 is 9.53 Å². The van der Waals surface area contributed by atoms with E-state index in [1.807, 2.05) is 0 Å². The maximum Gasteiger partial charge on any atom is 0.307 e. The first-order valence-electron chi connectivity index (χ1n) is 4.36. The number of carbonyl (C=O) groups is 1. The van der Waals surface area contributed by atoms with Crippen LogP contribution in [0.1, 0.15) is 17.7 Å². The summed E-state index contributed by atoms with van der Waals surface area (Å²) >= 11 is 1.22. The first-order valence-corrected chi connectivity index (χ1v) is 5.13. The molecule has 0 saturated heterocycles. The van der Waals surface area contributed by atoms with Crippen molar-refractivity contribution in [3.8, 4) is 6.07 Å². The topological polar surface area (TPSA) is 75.0 Å². The lowest BCUT2D eigenvalue weighted by molar-refractivity contribution is -0.140. The van der Waals surface area contributed by atoms with Crippen molar-refractivity contribution >= 4 is 22.5 Å². The van der Waals surface area contributed by atoms with Crippen LogP contribution in [-0.4, -0.2) is 24.0 Å². The van der Waals surface area contributed by atoms with E-state index in [4.69, 9.17) is 5.26 Å². The van der Waals surface area contributed by atoms with Gasteiger partial charge in [-0.25, -0.2) is 0 Å². The zero-order valence-corrected chi connectivity index (χ0v) is 9.35. The standard InChI is InChI=1S/C9H11N3O2S/c1-6-7(5-10)9(15-12-6)11-4-3-8(13)14-2/h11H,3-4H2,1-2H3. The van der Waals surface area contributed by atoms with Gasteiger partial charge in [-0.3, -0.25) is 4.79 Å². The molecule has 1 aromatic rings. The van der Waals surface area contributed by atoms with Gasteiger partial charge in [-0.15, -0.1) is 0 Å². The number of anilines is 1. The Balaban J connectivity index is 2.52. The summed E-state index contributed by atoms with van der Waals surface area (Å²) in [5, 5.41) is 12.5. The van der Waals surface area contributed by atoms with Gasteiger partial charge in [-0.1, -0.05) is 0 Å². The Hall–Kier alpha value is -1.61. The molecular weight excluding hydrogens is 214 g/mol. The zero-order chi connectivity index (χ0) is 11.3. The average Bonchev–Trinajstić information content (AvgIpc) is 2.59. The Bertz CT molecular complexity index is 395. The van der Waals surface area contributed by atoms with Crippen LogP contribution in [0.4, 0.5) is 5.00 Å². The fourth-order valence-electron chi connectivity index (χ4n) is 1.00. The lowest BCUT2D eigenvalue weighted by Crippen LogP contribution is -2.09. The second-order valence-electron chi connectivity index (χ2n) is 2.84. The zero-order valence-electron chi connectivity index (χ0n) is 8.53. The summed E-state index contributed by atoms with van der Waals surface area (Å²) in [6.45, 7) is 2.23. The molecule has 0 unspecified atom stereocenters. The molecule has 0 aliphatic carbocycles. The van der Waals surface area contributed by atoms with Gasteiger partial charge in [0.05, 0.1) is 19.2 Å². The summed E-state index contributed by atoms with van der Waals surface area (Å²) in [5.41, 5.74) is 1.26. The SMILES string of the molecule is COC(=O)CCNc1snc(C)c1C#N. The minimum absolute atomic E-state index is 0.276. The average molecular weight is 225 g/mol. The molecule has 0 fully saturated rings. The summed E-state index contributed by atoms with van der Waals surface area (Å²) in [4.78, 5) is 10.8. The van der Waals surface area contributed by atoms with Gasteiger partial charge in [-0.05, 0) is 18.5 Å². The van der Waals surface area contributed by atoms with E-state index >= 15 is 0 Å². The van der Waals surface area contributed by atoms with Gasteiger partial charge < -0.3 is 10.1 Å². The van der Waals surface area contributed by atoms with E-state index < -0.39 is 0 Å². The largest absolute Gasteiger partial charge is 0.469 e. The van der Waals surface area contributed by atoms with Crippen LogP contribution in [0.2, 0.25) is 0 Å². The number of nitriles is 1. The summed E-state index contributed by atoms with van der Waals surface area (Å²) in [6, 6.07) is 2.07. The van der Waals surface area contributed by atoms with Crippen molar-refractivity contribution in [2.45, 2.75) is 13.3 Å². The second-order valence-corrected chi connectivity index (χ2v) is 3.61. The molecule has 6 heteroatoms. The fourth-order valence-corrected chi connectivity index (χ4v) is 1.77. The molecule has 0 atom stereocenters. The molecule has 0 radical (unpaired) electrons. The number of hydrogen-bond acceptors (Lipinski definition) is 6. The van der Waals surface area contributed by atoms with Crippen molar-refractivity contribution in [1.29, 1.82) is 5.26 Å². The summed E-state index contributed by atoms with van der Waals surface area (Å²) in [7, 11) is 1.35. The van der Waals surface area contributed by atoms with Crippen molar-refractivity contribution in [2.75, 3.05) is 19.0 Å². The Kier molecular flexibility index (Phi) is 4.06. The molecular formula is C9H11N3O2S. The number of rotatable bonds is 4. The van der Waals surface area contributed by atoms with Gasteiger partial charge in [0.25, 0.3) is 0 Å². The maximum atomic E-state index is 10.8. The number of hydrogen-bond donors (Lipinski definition) is 1. The van der Waals surface area contributed by atoms with Crippen molar-refractivity contribution in [3.05, 3.63) is 11.3 Å². The van der Waals surface area contributed by atoms with E-state index in [1.54, 1.807) is 6.92 Å². The van der Waals surface area contributed by atoms with Crippen molar-refractivity contribution in [1.82, 2.24) is 4.37 Å². The van der Waals surface area contributed by atoms with E-state index in [0.29, 0.717) is 22.8 Å². The van der Waals surface area contributed by atoms with Crippen LogP contribution >= 0.6 is 11.5 Å². The Morgan fingerprint density at radius 2 is 2.47 bits per heavy atom. The molecule has 0 bridgehead atoms. The van der Waals surface area contributed by atoms with Crippen LogP contribution in [0.3, 0.4) is 0 Å². The number of methoxy groups -OCH3 is 1. The van der Waals surface area contributed by atoms with Gasteiger partial charge >= 0.3 is 5.97 Å². The summed E-state index contributed by atoms with van der Waals surface area (Å²) in [5.74, 6) is -0.276. The van der Waals surface area contributed by atoms with E-state index in [0.717, 1.165) is 0 Å². The third-order valence-corrected chi connectivity index (χ3v) is 2.71. The molecule has 1 heterocycles. The predicted molar refractivity (Wildman–Crippen MR) is 56.7 cm³/mol. The molecule has 0 amide bonds. The Labute approximate surface area is 91.8 Å². The number of aryl methyl sites for hydroxylation is 1. The van der Waals surface area contributed by atoms with E-state index in [-0.39, 0.29) is 12.4 Å². The number of nitrogens with zero attached hydrogens (tertiary/aromatic N) is 2. The molecule has 0 spiro atoms. The quantitative estimate of drug-likeness (QED) is 0.782. The minimum atomic E-state index is -0.276. The third-order valence-electron chi connectivity index (χ3n) is 1.82. The van der Waals surface area contributed by atoms with Crippen molar-refractivity contribution in [2.24, 2.45) is 0 Å². The number of esters is 1. The normalized spacial score (nSPS) is 9.40. The smallest absolute Gasteiger partial charge is 0.307 e. The highest BCUT2D eigenvalue weighted by Gasteiger charge is 2.09. The highest BCUT2D eigenvalue weighted by molar-refractivity contribution is 7.10. The molecule has 1 aromatic heterocycles. The van der Waals surface area contributed by atoms with Crippen LogP contribution in [-0.2, 0) is 9.53 Å². The molecule has 80 valence electrons. The molecule has 15 heavy (non-hydrogen) atoms. The first kappa shape index (κ1) is 11.5. The molecule has 0 aliphatic rings. The van der Waals surface area contributed by atoms with Crippen LogP contribution in [0.15, 0.2) is 0 Å². The maximum absolute atomic E-state index is 10.8. The minimum Gasteiger partial charge on any atom is -0.469 e. The lowest BCUT2D eigenvalue weighted by Gasteiger charge is -2.01. The molecule has 5 nitrogen and oxygen atoms in total. The van der Waals surface area contributed by atoms with Crippen LogP contribution in [0.25, 0.3) is 0 Å². The molecule has 0 aliphatic heterocycles. The van der Waals surface area contributed by atoms with Crippen LogP contribution < -0.4 is 5.32 Å². The molecule has 0 saturated carbocycles. The van der Waals surface area contributed by atoms with Gasteiger partial charge in [0, 0.05) is 6.54 Å². The van der Waals surface area contributed by atoms with E-state index in [2.05, 4.69) is 20.5 Å². The van der Waals surface area contributed by atoms with Gasteiger partial charge in [0.15, 0.2) is 0 Å². The highest BCUT2D eigenvalue weighted by atomic mass is 32.1. The lowest BCUT2D eigenvalue weighted by atomic mass is 10.3. The van der Waals surface area contributed by atoms with Crippen molar-refractivity contribution in [3.63, 3.8) is 0 Å². The molecule has 1 N–H and O–H groups in total. The van der Waals surface area contributed by atoms with Crippen LogP contribution in [0, 0.1) is 18.3 Å². The number of carbonyl (C=O) groups excluding carboxylic acids is 1. The van der Waals surface area contributed by atoms with E-state index in [9.17, 15) is 4.79 Å². The third kappa shape index (κ3) is 2.92. The molecule has 0 aromatic carbocycles. The van der Waals surface area contributed by atoms with E-state index in [1.165, 1.54) is 18.6 Å². The van der Waals surface area contributed by atoms with Gasteiger partial charge in [-0.2, -0.15) is 9.64 Å². The monoisotopic (exact) mass is 225 g/mol. The predicted octanol–water partition coefficient (Wildman–Crippen LogP) is 1.30. The first-order chi connectivity index (χ1) is 7.19. The molecule has 1 rings (SSSR count). The summed E-state index contributed by atoms with van der Waals surface area (Å²) < 4.78 is 8.54. The summed E-state index contributed by atoms with van der Waals surface area (Å²) in [6.07, 6.45) is 0.276. The second kappa shape index (κ2) is 5.32. The number of nitrogens with one attached hydrogen (secondary N) is 1. The number of ether oxygens (including phenoxy) is 1. The Morgan fingerprint density at radius 1 is 1.73 bits per heavy atom. The fraction of sp³-hybridized carbons (Fsp3) is 0.444. The highest BCUT2D eigenvalue weighted by Crippen LogP contribution is 2.22. The Morgan fingerprint density at radius 3 is 3.07 bits per heavy atom.